The van der Waals surface area contributed by atoms with E-state index in [1.54, 1.807) is 12.4 Å². The van der Waals surface area contributed by atoms with E-state index in [1.165, 1.54) is 0 Å². The Labute approximate surface area is 161 Å². The highest BCUT2D eigenvalue weighted by Crippen LogP contribution is 2.22. The minimum absolute atomic E-state index is 0. The summed E-state index contributed by atoms with van der Waals surface area (Å²) in [7, 11) is 0. The van der Waals surface area contributed by atoms with Gasteiger partial charge in [-0.25, -0.2) is 0 Å². The Morgan fingerprint density at radius 3 is 2.12 bits per heavy atom. The van der Waals surface area contributed by atoms with Crippen molar-refractivity contribution >= 4 is 30.7 Å². The van der Waals surface area contributed by atoms with E-state index in [2.05, 4.69) is 39.9 Å². The van der Waals surface area contributed by atoms with Gasteiger partial charge in [-0.05, 0) is 54.8 Å². The number of rotatable bonds is 5. The maximum Gasteiger partial charge on any atom is 0.223 e. The molecule has 2 heterocycles. The SMILES string of the molecule is CC(NC(=O)C(C)C1CNC1)c1ccc(-c2ccncc2)cc1.Cl.Cl. The summed E-state index contributed by atoms with van der Waals surface area (Å²) in [5, 5.41) is 6.35. The van der Waals surface area contributed by atoms with E-state index in [1.807, 2.05) is 26.0 Å². The Hall–Kier alpha value is -1.62. The van der Waals surface area contributed by atoms with Crippen molar-refractivity contribution in [2.45, 2.75) is 19.9 Å². The average Bonchev–Trinajstić information content (AvgIpc) is 2.54. The summed E-state index contributed by atoms with van der Waals surface area (Å²) in [5.41, 5.74) is 3.42. The van der Waals surface area contributed by atoms with E-state index >= 15 is 0 Å². The van der Waals surface area contributed by atoms with Crippen molar-refractivity contribution < 1.29 is 4.79 Å². The monoisotopic (exact) mass is 381 g/mol. The van der Waals surface area contributed by atoms with Gasteiger partial charge in [-0.1, -0.05) is 31.2 Å². The van der Waals surface area contributed by atoms with Crippen molar-refractivity contribution in [1.29, 1.82) is 0 Å². The summed E-state index contributed by atoms with van der Waals surface area (Å²) in [4.78, 5) is 16.3. The molecule has 2 N–H and O–H groups in total. The second-order valence-corrected chi connectivity index (χ2v) is 6.30. The standard InChI is InChI=1S/C19H23N3O.2ClH/c1-13(18-11-21-12-18)19(23)22-14(2)15-3-5-16(6-4-15)17-7-9-20-10-8-17;;/h3-10,13-14,18,21H,11-12H2,1-2H3,(H,22,23);2*1H. The van der Waals surface area contributed by atoms with Crippen molar-refractivity contribution in [1.82, 2.24) is 15.6 Å². The maximum atomic E-state index is 12.3. The number of nitrogens with zero attached hydrogens (tertiary/aromatic N) is 1. The number of hydrogen-bond donors (Lipinski definition) is 2. The molecule has 136 valence electrons. The Bertz CT molecular complexity index is 660. The number of benzene rings is 1. The van der Waals surface area contributed by atoms with Crippen LogP contribution in [-0.2, 0) is 4.79 Å². The van der Waals surface area contributed by atoms with Gasteiger partial charge < -0.3 is 10.6 Å². The molecule has 0 radical (unpaired) electrons. The first kappa shape index (κ1) is 21.4. The summed E-state index contributed by atoms with van der Waals surface area (Å²) in [6.07, 6.45) is 3.59. The number of nitrogens with one attached hydrogen (secondary N) is 2. The van der Waals surface area contributed by atoms with E-state index in [0.717, 1.165) is 29.8 Å². The molecule has 1 amide bonds. The molecule has 1 aliphatic rings. The molecule has 0 saturated carbocycles. The van der Waals surface area contributed by atoms with Crippen LogP contribution in [0.4, 0.5) is 0 Å². The van der Waals surface area contributed by atoms with Crippen LogP contribution in [0.3, 0.4) is 0 Å². The summed E-state index contributed by atoms with van der Waals surface area (Å²) < 4.78 is 0. The van der Waals surface area contributed by atoms with Crippen molar-refractivity contribution in [2.75, 3.05) is 13.1 Å². The Balaban J connectivity index is 0.00000156. The number of amides is 1. The van der Waals surface area contributed by atoms with Gasteiger partial charge in [0.05, 0.1) is 6.04 Å². The second kappa shape index (κ2) is 9.76. The predicted molar refractivity (Wildman–Crippen MR) is 106 cm³/mol. The van der Waals surface area contributed by atoms with Crippen LogP contribution in [0.2, 0.25) is 0 Å². The number of pyridine rings is 1. The molecule has 2 aromatic rings. The van der Waals surface area contributed by atoms with Crippen LogP contribution < -0.4 is 10.6 Å². The van der Waals surface area contributed by atoms with Crippen LogP contribution in [0.5, 0.6) is 0 Å². The van der Waals surface area contributed by atoms with Crippen molar-refractivity contribution in [3.8, 4) is 11.1 Å². The molecule has 1 saturated heterocycles. The molecule has 3 rings (SSSR count). The van der Waals surface area contributed by atoms with Gasteiger partial charge in [0, 0.05) is 18.3 Å². The molecule has 6 heteroatoms. The second-order valence-electron chi connectivity index (χ2n) is 6.30. The quantitative estimate of drug-likeness (QED) is 0.831. The van der Waals surface area contributed by atoms with Gasteiger partial charge in [0.25, 0.3) is 0 Å². The van der Waals surface area contributed by atoms with Gasteiger partial charge in [-0.15, -0.1) is 24.8 Å². The topological polar surface area (TPSA) is 54.0 Å². The Morgan fingerprint density at radius 1 is 1.04 bits per heavy atom. The van der Waals surface area contributed by atoms with Crippen LogP contribution in [0.1, 0.15) is 25.5 Å². The molecule has 2 atom stereocenters. The maximum absolute atomic E-state index is 12.3. The zero-order valence-electron chi connectivity index (χ0n) is 14.4. The fourth-order valence-corrected chi connectivity index (χ4v) is 2.82. The summed E-state index contributed by atoms with van der Waals surface area (Å²) in [5.74, 6) is 0.674. The van der Waals surface area contributed by atoms with Gasteiger partial charge in [0.15, 0.2) is 0 Å². The minimum atomic E-state index is 0. The molecule has 1 aliphatic heterocycles. The lowest BCUT2D eigenvalue weighted by atomic mass is 9.88. The first-order chi connectivity index (χ1) is 11.1. The van der Waals surface area contributed by atoms with Gasteiger partial charge in [-0.2, -0.15) is 0 Å². The van der Waals surface area contributed by atoms with Crippen LogP contribution in [-0.4, -0.2) is 24.0 Å². The van der Waals surface area contributed by atoms with E-state index in [4.69, 9.17) is 0 Å². The van der Waals surface area contributed by atoms with Crippen LogP contribution in [0, 0.1) is 11.8 Å². The smallest absolute Gasteiger partial charge is 0.223 e. The number of halogens is 2. The lowest BCUT2D eigenvalue weighted by molar-refractivity contribution is -0.127. The molecule has 0 spiro atoms. The molecule has 0 bridgehead atoms. The summed E-state index contributed by atoms with van der Waals surface area (Å²) in [6.45, 7) is 5.94. The van der Waals surface area contributed by atoms with E-state index in [9.17, 15) is 4.79 Å². The minimum Gasteiger partial charge on any atom is -0.349 e. The van der Waals surface area contributed by atoms with Gasteiger partial charge in [0.1, 0.15) is 0 Å². The third-order valence-electron chi connectivity index (χ3n) is 4.72. The third kappa shape index (κ3) is 5.18. The van der Waals surface area contributed by atoms with E-state index in [-0.39, 0.29) is 42.7 Å². The first-order valence-electron chi connectivity index (χ1n) is 8.16. The third-order valence-corrected chi connectivity index (χ3v) is 4.72. The fourth-order valence-electron chi connectivity index (χ4n) is 2.82. The predicted octanol–water partition coefficient (Wildman–Crippen LogP) is 3.62. The largest absolute Gasteiger partial charge is 0.349 e. The number of carbonyl (C=O) groups excluding carboxylic acids is 1. The number of aromatic nitrogens is 1. The molecule has 1 aromatic carbocycles. The molecule has 25 heavy (non-hydrogen) atoms. The van der Waals surface area contributed by atoms with Crippen LogP contribution >= 0.6 is 24.8 Å². The molecule has 2 unspecified atom stereocenters. The highest BCUT2D eigenvalue weighted by atomic mass is 35.5. The van der Waals surface area contributed by atoms with Crippen molar-refractivity contribution in [2.24, 2.45) is 11.8 Å². The zero-order chi connectivity index (χ0) is 16.2. The molecule has 4 nitrogen and oxygen atoms in total. The van der Waals surface area contributed by atoms with E-state index in [0.29, 0.717) is 5.92 Å². The summed E-state index contributed by atoms with van der Waals surface area (Å²) >= 11 is 0. The molecular weight excluding hydrogens is 357 g/mol. The van der Waals surface area contributed by atoms with Crippen LogP contribution in [0.15, 0.2) is 48.8 Å². The molecule has 1 aromatic heterocycles. The van der Waals surface area contributed by atoms with E-state index < -0.39 is 0 Å². The summed E-state index contributed by atoms with van der Waals surface area (Å²) in [6, 6.07) is 12.3. The van der Waals surface area contributed by atoms with Crippen LogP contribution in [0.25, 0.3) is 11.1 Å². The number of hydrogen-bond acceptors (Lipinski definition) is 3. The highest BCUT2D eigenvalue weighted by Gasteiger charge is 2.29. The molecule has 1 fully saturated rings. The van der Waals surface area contributed by atoms with Gasteiger partial charge >= 0.3 is 0 Å². The van der Waals surface area contributed by atoms with Gasteiger partial charge in [-0.3, -0.25) is 9.78 Å². The highest BCUT2D eigenvalue weighted by molar-refractivity contribution is 5.85. The van der Waals surface area contributed by atoms with Crippen molar-refractivity contribution in [3.05, 3.63) is 54.4 Å². The number of carbonyl (C=O) groups is 1. The fraction of sp³-hybridized carbons (Fsp3) is 0.368. The lowest BCUT2D eigenvalue weighted by Crippen LogP contribution is -2.49. The average molecular weight is 382 g/mol. The molecule has 0 aliphatic carbocycles. The molecular formula is C19H25Cl2N3O. The van der Waals surface area contributed by atoms with Crippen molar-refractivity contribution in [3.63, 3.8) is 0 Å². The Kier molecular flexibility index (Phi) is 8.36. The lowest BCUT2D eigenvalue weighted by Gasteiger charge is -2.32. The first-order valence-corrected chi connectivity index (χ1v) is 8.16. The Morgan fingerprint density at radius 2 is 1.60 bits per heavy atom. The zero-order valence-corrected chi connectivity index (χ0v) is 16.1. The van der Waals surface area contributed by atoms with Gasteiger partial charge in [0.2, 0.25) is 5.91 Å². The normalized spacial score (nSPS) is 15.8.